The predicted octanol–water partition coefficient (Wildman–Crippen LogP) is 1.39. The Morgan fingerprint density at radius 2 is 2.42 bits per heavy atom. The lowest BCUT2D eigenvalue weighted by atomic mass is 9.45. The largest absolute Gasteiger partial charge is 0.377 e. The fraction of sp³-hybridized carbons (Fsp3) is 0.900. The van der Waals surface area contributed by atoms with Gasteiger partial charge in [-0.15, -0.1) is 0 Å². The van der Waals surface area contributed by atoms with Crippen LogP contribution in [0.1, 0.15) is 26.2 Å². The zero-order valence-electron chi connectivity index (χ0n) is 7.38. The van der Waals surface area contributed by atoms with E-state index in [2.05, 4.69) is 0 Å². The van der Waals surface area contributed by atoms with Gasteiger partial charge in [-0.25, -0.2) is 0 Å². The van der Waals surface area contributed by atoms with Crippen LogP contribution in [0, 0.1) is 17.3 Å². The van der Waals surface area contributed by atoms with Crippen molar-refractivity contribution in [2.45, 2.75) is 32.3 Å². The van der Waals surface area contributed by atoms with Gasteiger partial charge in [0.15, 0.2) is 0 Å². The monoisotopic (exact) mass is 166 g/mol. The molecule has 0 aromatic rings. The fourth-order valence-electron chi connectivity index (χ4n) is 3.41. The van der Waals surface area contributed by atoms with Gasteiger partial charge in [-0.05, 0) is 26.2 Å². The standard InChI is InChI=1S/C10H14O2/c1-6(11)7-4-10-3-2-9(10)12-5-8(7)10/h7-9H,2-5H2,1H3/t7-,8?,9?,10?/m0/s1. The zero-order valence-corrected chi connectivity index (χ0v) is 7.38. The minimum absolute atomic E-state index is 0.343. The number of Topliss-reactive ketones (excluding diaryl/α,β-unsaturated/α-hetero) is 1. The highest BCUT2D eigenvalue weighted by Gasteiger charge is 2.67. The Kier molecular flexibility index (Phi) is 1.13. The molecule has 1 heterocycles. The smallest absolute Gasteiger partial charge is 0.133 e. The van der Waals surface area contributed by atoms with Gasteiger partial charge < -0.3 is 4.74 Å². The molecular formula is C10H14O2. The number of hydrogen-bond acceptors (Lipinski definition) is 2. The molecular weight excluding hydrogens is 152 g/mol. The summed E-state index contributed by atoms with van der Waals surface area (Å²) in [6.07, 6.45) is 4.20. The van der Waals surface area contributed by atoms with E-state index in [0.717, 1.165) is 13.0 Å². The third-order valence-electron chi connectivity index (χ3n) is 4.34. The van der Waals surface area contributed by atoms with Gasteiger partial charge in [0, 0.05) is 17.3 Å². The average molecular weight is 166 g/mol. The maximum absolute atomic E-state index is 11.2. The molecule has 3 fully saturated rings. The lowest BCUT2D eigenvalue weighted by molar-refractivity contribution is -0.147. The Morgan fingerprint density at radius 1 is 1.58 bits per heavy atom. The van der Waals surface area contributed by atoms with E-state index < -0.39 is 0 Å². The SMILES string of the molecule is CC(=O)[C@@H]1CC23CCC2OCC13. The van der Waals surface area contributed by atoms with Crippen LogP contribution >= 0.6 is 0 Å². The van der Waals surface area contributed by atoms with Gasteiger partial charge in [0.1, 0.15) is 5.78 Å². The van der Waals surface area contributed by atoms with Crippen LogP contribution in [0.2, 0.25) is 0 Å². The van der Waals surface area contributed by atoms with Crippen molar-refractivity contribution in [3.05, 3.63) is 0 Å². The molecule has 3 aliphatic rings. The second-order valence-corrected chi connectivity index (χ2v) is 4.62. The normalized spacial score (nSPS) is 54.9. The van der Waals surface area contributed by atoms with Crippen LogP contribution < -0.4 is 0 Å². The molecule has 66 valence electrons. The minimum atomic E-state index is 0.343. The first-order valence-electron chi connectivity index (χ1n) is 4.86. The molecule has 0 aromatic heterocycles. The Morgan fingerprint density at radius 3 is 3.00 bits per heavy atom. The number of rotatable bonds is 1. The first kappa shape index (κ1) is 7.07. The Bertz CT molecular complexity index is 248. The molecule has 3 unspecified atom stereocenters. The van der Waals surface area contributed by atoms with Crippen LogP contribution in [0.15, 0.2) is 0 Å². The summed E-state index contributed by atoms with van der Waals surface area (Å²) in [7, 11) is 0. The summed E-state index contributed by atoms with van der Waals surface area (Å²) in [6, 6.07) is 0. The summed E-state index contributed by atoms with van der Waals surface area (Å²) in [4.78, 5) is 11.2. The molecule has 3 rings (SSSR count). The van der Waals surface area contributed by atoms with Gasteiger partial charge in [-0.1, -0.05) is 0 Å². The highest BCUT2D eigenvalue weighted by atomic mass is 16.5. The van der Waals surface area contributed by atoms with E-state index >= 15 is 0 Å². The van der Waals surface area contributed by atoms with Gasteiger partial charge in [0.2, 0.25) is 0 Å². The second-order valence-electron chi connectivity index (χ2n) is 4.62. The van der Waals surface area contributed by atoms with Gasteiger partial charge in [0.05, 0.1) is 12.7 Å². The topological polar surface area (TPSA) is 26.3 Å². The highest BCUT2D eigenvalue weighted by Crippen LogP contribution is 2.67. The lowest BCUT2D eigenvalue weighted by Crippen LogP contribution is -2.58. The van der Waals surface area contributed by atoms with Crippen molar-refractivity contribution in [1.82, 2.24) is 0 Å². The molecule has 1 saturated heterocycles. The second kappa shape index (κ2) is 1.92. The summed E-state index contributed by atoms with van der Waals surface area (Å²) >= 11 is 0. The van der Waals surface area contributed by atoms with Crippen LogP contribution in [-0.2, 0) is 9.53 Å². The number of carbonyl (C=O) groups excluding carboxylic acids is 1. The summed E-state index contributed by atoms with van der Waals surface area (Å²) in [6.45, 7) is 2.58. The molecule has 0 amide bonds. The Labute approximate surface area is 72.3 Å². The van der Waals surface area contributed by atoms with E-state index in [0.29, 0.717) is 29.1 Å². The quantitative estimate of drug-likeness (QED) is 0.588. The van der Waals surface area contributed by atoms with E-state index in [1.807, 2.05) is 0 Å². The van der Waals surface area contributed by atoms with Crippen molar-refractivity contribution in [2.75, 3.05) is 6.61 Å². The molecule has 12 heavy (non-hydrogen) atoms. The summed E-state index contributed by atoms with van der Waals surface area (Å²) < 4.78 is 5.66. The van der Waals surface area contributed by atoms with Crippen molar-refractivity contribution in [3.63, 3.8) is 0 Å². The molecule has 0 radical (unpaired) electrons. The lowest BCUT2D eigenvalue weighted by Gasteiger charge is -2.57. The maximum atomic E-state index is 11.2. The molecule has 1 aliphatic heterocycles. The summed E-state index contributed by atoms with van der Waals surface area (Å²) in [5.41, 5.74) is 0.482. The summed E-state index contributed by atoms with van der Waals surface area (Å²) in [5, 5.41) is 0. The van der Waals surface area contributed by atoms with Crippen molar-refractivity contribution in [3.8, 4) is 0 Å². The van der Waals surface area contributed by atoms with Crippen LogP contribution in [0.3, 0.4) is 0 Å². The summed E-state index contributed by atoms with van der Waals surface area (Å²) in [5.74, 6) is 1.31. The molecule has 0 bridgehead atoms. The molecule has 2 aliphatic carbocycles. The van der Waals surface area contributed by atoms with E-state index in [-0.39, 0.29) is 0 Å². The van der Waals surface area contributed by atoms with Crippen LogP contribution in [0.5, 0.6) is 0 Å². The number of carbonyl (C=O) groups is 1. The van der Waals surface area contributed by atoms with Crippen LogP contribution in [0.25, 0.3) is 0 Å². The number of hydrogen-bond donors (Lipinski definition) is 0. The Hall–Kier alpha value is -0.370. The highest BCUT2D eigenvalue weighted by molar-refractivity contribution is 5.80. The zero-order chi connectivity index (χ0) is 8.34. The molecule has 4 atom stereocenters. The first-order valence-corrected chi connectivity index (χ1v) is 4.86. The van der Waals surface area contributed by atoms with Gasteiger partial charge in [-0.2, -0.15) is 0 Å². The molecule has 2 nitrogen and oxygen atoms in total. The maximum Gasteiger partial charge on any atom is 0.133 e. The van der Waals surface area contributed by atoms with Crippen molar-refractivity contribution < 1.29 is 9.53 Å². The molecule has 0 N–H and O–H groups in total. The molecule has 2 saturated carbocycles. The van der Waals surface area contributed by atoms with Gasteiger partial charge in [-0.3, -0.25) is 4.79 Å². The molecule has 0 aromatic carbocycles. The first-order chi connectivity index (χ1) is 5.74. The predicted molar refractivity (Wildman–Crippen MR) is 43.7 cm³/mol. The third kappa shape index (κ3) is 0.565. The Balaban J connectivity index is 1.83. The third-order valence-corrected chi connectivity index (χ3v) is 4.34. The van der Waals surface area contributed by atoms with Crippen molar-refractivity contribution in [1.29, 1.82) is 0 Å². The van der Waals surface area contributed by atoms with E-state index in [1.54, 1.807) is 6.92 Å². The van der Waals surface area contributed by atoms with Crippen molar-refractivity contribution >= 4 is 5.78 Å². The number of ether oxygens (including phenoxy) is 1. The van der Waals surface area contributed by atoms with E-state index in [9.17, 15) is 4.79 Å². The van der Waals surface area contributed by atoms with E-state index in [1.165, 1.54) is 12.8 Å². The fourth-order valence-corrected chi connectivity index (χ4v) is 3.41. The van der Waals surface area contributed by atoms with Crippen LogP contribution in [0.4, 0.5) is 0 Å². The number of ketones is 1. The molecule has 1 spiro atoms. The van der Waals surface area contributed by atoms with Gasteiger partial charge in [0.25, 0.3) is 0 Å². The van der Waals surface area contributed by atoms with Crippen LogP contribution in [-0.4, -0.2) is 18.5 Å². The van der Waals surface area contributed by atoms with E-state index in [4.69, 9.17) is 4.74 Å². The average Bonchev–Trinajstić information content (AvgIpc) is 2.07. The minimum Gasteiger partial charge on any atom is -0.377 e. The van der Waals surface area contributed by atoms with Gasteiger partial charge >= 0.3 is 0 Å². The molecule has 2 heteroatoms. The van der Waals surface area contributed by atoms with Crippen molar-refractivity contribution in [2.24, 2.45) is 17.3 Å².